The number of carboxylic acids is 1. The van der Waals surface area contributed by atoms with Gasteiger partial charge in [0.15, 0.2) is 0 Å². The molecule has 0 bridgehead atoms. The van der Waals surface area contributed by atoms with Crippen LogP contribution in [-0.4, -0.2) is 16.1 Å². The van der Waals surface area contributed by atoms with Gasteiger partial charge >= 0.3 is 5.97 Å². The lowest BCUT2D eigenvalue weighted by Crippen LogP contribution is -2.07. The maximum absolute atomic E-state index is 11.2. The molecule has 0 unspecified atom stereocenters. The average molecular weight is 227 g/mol. The second-order valence-electron chi connectivity index (χ2n) is 3.90. The molecule has 0 atom stereocenters. The summed E-state index contributed by atoms with van der Waals surface area (Å²) in [4.78, 5) is 15.2. The summed E-state index contributed by atoms with van der Waals surface area (Å²) >= 11 is 0. The van der Waals surface area contributed by atoms with Crippen molar-refractivity contribution in [3.05, 3.63) is 65.0 Å². The van der Waals surface area contributed by atoms with Crippen LogP contribution in [0.1, 0.15) is 27.2 Å². The monoisotopic (exact) mass is 227 g/mol. The maximum atomic E-state index is 11.2. The zero-order chi connectivity index (χ0) is 12.3. The van der Waals surface area contributed by atoms with Gasteiger partial charge in [-0.15, -0.1) is 0 Å². The van der Waals surface area contributed by atoms with Crippen molar-refractivity contribution in [1.82, 2.24) is 4.98 Å². The van der Waals surface area contributed by atoms with Gasteiger partial charge in [-0.1, -0.05) is 30.3 Å². The van der Waals surface area contributed by atoms with Crippen molar-refractivity contribution >= 4 is 5.97 Å². The van der Waals surface area contributed by atoms with Gasteiger partial charge in [0, 0.05) is 6.20 Å². The van der Waals surface area contributed by atoms with Crippen LogP contribution < -0.4 is 0 Å². The second kappa shape index (κ2) is 4.78. The minimum Gasteiger partial charge on any atom is -0.478 e. The normalized spacial score (nSPS) is 10.2. The van der Waals surface area contributed by atoms with Gasteiger partial charge < -0.3 is 5.11 Å². The maximum Gasteiger partial charge on any atom is 0.337 e. The van der Waals surface area contributed by atoms with E-state index in [4.69, 9.17) is 0 Å². The highest BCUT2D eigenvalue weighted by molar-refractivity contribution is 5.90. The number of hydrogen-bond acceptors (Lipinski definition) is 2. The molecule has 2 rings (SSSR count). The number of carboxylic acid groups (broad SMARTS) is 1. The molecule has 0 aliphatic rings. The lowest BCUT2D eigenvalue weighted by molar-refractivity contribution is 0.0694. The van der Waals surface area contributed by atoms with E-state index in [0.717, 1.165) is 11.1 Å². The van der Waals surface area contributed by atoms with Crippen molar-refractivity contribution in [2.45, 2.75) is 13.3 Å². The SMILES string of the molecule is Cc1nccc(Cc2ccccc2)c1C(=O)O. The molecule has 1 N–H and O–H groups in total. The van der Waals surface area contributed by atoms with Gasteiger partial charge in [0.05, 0.1) is 11.3 Å². The number of nitrogens with zero attached hydrogens (tertiary/aromatic N) is 1. The van der Waals surface area contributed by atoms with Crippen molar-refractivity contribution < 1.29 is 9.90 Å². The summed E-state index contributed by atoms with van der Waals surface area (Å²) in [6.45, 7) is 1.72. The molecule has 3 heteroatoms. The molecule has 0 fully saturated rings. The first-order valence-electron chi connectivity index (χ1n) is 5.40. The minimum atomic E-state index is -0.915. The molecule has 0 saturated heterocycles. The number of aryl methyl sites for hydroxylation is 1. The molecule has 0 spiro atoms. The Morgan fingerprint density at radius 1 is 1.24 bits per heavy atom. The van der Waals surface area contributed by atoms with Gasteiger partial charge in [0.2, 0.25) is 0 Å². The predicted molar refractivity (Wildman–Crippen MR) is 65.2 cm³/mol. The van der Waals surface area contributed by atoms with Crippen LogP contribution in [0.2, 0.25) is 0 Å². The summed E-state index contributed by atoms with van der Waals surface area (Å²) in [5.74, 6) is -0.915. The van der Waals surface area contributed by atoms with E-state index in [1.807, 2.05) is 30.3 Å². The Bertz CT molecular complexity index is 535. The van der Waals surface area contributed by atoms with Gasteiger partial charge in [0.1, 0.15) is 0 Å². The average Bonchev–Trinajstić information content (AvgIpc) is 2.30. The molecule has 0 amide bonds. The highest BCUT2D eigenvalue weighted by Gasteiger charge is 2.13. The zero-order valence-corrected chi connectivity index (χ0v) is 9.55. The first kappa shape index (κ1) is 11.3. The Morgan fingerprint density at radius 3 is 2.59 bits per heavy atom. The summed E-state index contributed by atoms with van der Waals surface area (Å²) in [5.41, 5.74) is 2.78. The Hall–Kier alpha value is -2.16. The van der Waals surface area contributed by atoms with E-state index < -0.39 is 5.97 Å². The summed E-state index contributed by atoms with van der Waals surface area (Å²) in [6.07, 6.45) is 2.27. The fraction of sp³-hybridized carbons (Fsp3) is 0.143. The van der Waals surface area contributed by atoms with Crippen molar-refractivity contribution in [1.29, 1.82) is 0 Å². The molecule has 2 aromatic rings. The summed E-state index contributed by atoms with van der Waals surface area (Å²) in [5, 5.41) is 9.18. The topological polar surface area (TPSA) is 50.2 Å². The molecular formula is C14H13NO2. The van der Waals surface area contributed by atoms with E-state index >= 15 is 0 Å². The first-order chi connectivity index (χ1) is 8.18. The third kappa shape index (κ3) is 2.50. The van der Waals surface area contributed by atoms with E-state index in [9.17, 15) is 9.90 Å². The molecule has 1 aromatic carbocycles. The molecule has 0 saturated carbocycles. The van der Waals surface area contributed by atoms with Gasteiger partial charge in [0.25, 0.3) is 0 Å². The van der Waals surface area contributed by atoms with Crippen LogP contribution in [0.3, 0.4) is 0 Å². The summed E-state index contributed by atoms with van der Waals surface area (Å²) in [7, 11) is 0. The zero-order valence-electron chi connectivity index (χ0n) is 9.55. The number of aromatic nitrogens is 1. The fourth-order valence-electron chi connectivity index (χ4n) is 1.87. The van der Waals surface area contributed by atoms with Gasteiger partial charge in [-0.05, 0) is 30.5 Å². The van der Waals surface area contributed by atoms with Crippen LogP contribution in [0.25, 0.3) is 0 Å². The van der Waals surface area contributed by atoms with Gasteiger partial charge in [-0.25, -0.2) is 4.79 Å². The molecule has 0 aliphatic heterocycles. The summed E-state index contributed by atoms with van der Waals surface area (Å²) in [6, 6.07) is 11.6. The smallest absolute Gasteiger partial charge is 0.337 e. The standard InChI is InChI=1S/C14H13NO2/c1-10-13(14(16)17)12(7-8-15-10)9-11-5-3-2-4-6-11/h2-8H,9H2,1H3,(H,16,17). The highest BCUT2D eigenvalue weighted by Crippen LogP contribution is 2.16. The van der Waals surface area contributed by atoms with E-state index in [2.05, 4.69) is 4.98 Å². The highest BCUT2D eigenvalue weighted by atomic mass is 16.4. The van der Waals surface area contributed by atoms with Crippen LogP contribution in [0.4, 0.5) is 0 Å². The predicted octanol–water partition coefficient (Wildman–Crippen LogP) is 2.68. The molecule has 0 aliphatic carbocycles. The van der Waals surface area contributed by atoms with Gasteiger partial charge in [-0.2, -0.15) is 0 Å². The second-order valence-corrected chi connectivity index (χ2v) is 3.90. The summed E-state index contributed by atoms with van der Waals surface area (Å²) < 4.78 is 0. The number of carbonyl (C=O) groups is 1. The van der Waals surface area contributed by atoms with Crippen LogP contribution in [0, 0.1) is 6.92 Å². The Morgan fingerprint density at radius 2 is 1.94 bits per heavy atom. The third-order valence-electron chi connectivity index (χ3n) is 2.68. The molecule has 3 nitrogen and oxygen atoms in total. The van der Waals surface area contributed by atoms with E-state index in [1.54, 1.807) is 19.2 Å². The van der Waals surface area contributed by atoms with Gasteiger partial charge in [-0.3, -0.25) is 4.98 Å². The molecule has 0 radical (unpaired) electrons. The lowest BCUT2D eigenvalue weighted by Gasteiger charge is -2.08. The lowest BCUT2D eigenvalue weighted by atomic mass is 10.00. The van der Waals surface area contributed by atoms with E-state index in [-0.39, 0.29) is 0 Å². The van der Waals surface area contributed by atoms with Crippen molar-refractivity contribution in [2.75, 3.05) is 0 Å². The Labute approximate surface area is 99.8 Å². The minimum absolute atomic E-state index is 0.316. The largest absolute Gasteiger partial charge is 0.478 e. The molecule has 1 aromatic heterocycles. The van der Waals surface area contributed by atoms with Crippen LogP contribution >= 0.6 is 0 Å². The number of benzene rings is 1. The van der Waals surface area contributed by atoms with Crippen molar-refractivity contribution in [3.8, 4) is 0 Å². The number of hydrogen-bond donors (Lipinski definition) is 1. The van der Waals surface area contributed by atoms with Crippen LogP contribution in [0.15, 0.2) is 42.6 Å². The molecular weight excluding hydrogens is 214 g/mol. The Kier molecular flexibility index (Phi) is 3.19. The fourth-order valence-corrected chi connectivity index (χ4v) is 1.87. The quantitative estimate of drug-likeness (QED) is 0.877. The van der Waals surface area contributed by atoms with E-state index in [1.165, 1.54) is 0 Å². The molecule has 17 heavy (non-hydrogen) atoms. The Balaban J connectivity index is 2.40. The third-order valence-corrected chi connectivity index (χ3v) is 2.68. The van der Waals surface area contributed by atoms with Crippen LogP contribution in [-0.2, 0) is 6.42 Å². The molecule has 86 valence electrons. The van der Waals surface area contributed by atoms with Crippen molar-refractivity contribution in [2.24, 2.45) is 0 Å². The van der Waals surface area contributed by atoms with E-state index in [0.29, 0.717) is 17.7 Å². The van der Waals surface area contributed by atoms with Crippen molar-refractivity contribution in [3.63, 3.8) is 0 Å². The first-order valence-corrected chi connectivity index (χ1v) is 5.40. The number of aromatic carboxylic acids is 1. The van der Waals surface area contributed by atoms with Crippen LogP contribution in [0.5, 0.6) is 0 Å². The number of pyridine rings is 1. The number of rotatable bonds is 3. The molecule has 1 heterocycles.